The number of amides is 1. The number of fused-ring (bicyclic) bond motifs is 1. The number of anilines is 2. The highest BCUT2D eigenvalue weighted by Gasteiger charge is 2.51. The zero-order valence-corrected chi connectivity index (χ0v) is 18.5. The van der Waals surface area contributed by atoms with Gasteiger partial charge in [0.25, 0.3) is 0 Å². The Labute approximate surface area is 193 Å². The second kappa shape index (κ2) is 8.53. The Morgan fingerprint density at radius 2 is 1.91 bits per heavy atom. The predicted molar refractivity (Wildman–Crippen MR) is 119 cm³/mol. The van der Waals surface area contributed by atoms with Crippen molar-refractivity contribution in [3.63, 3.8) is 0 Å². The maximum Gasteiger partial charge on any atom is 0.421 e. The van der Waals surface area contributed by atoms with E-state index in [4.69, 9.17) is 0 Å². The van der Waals surface area contributed by atoms with Crippen LogP contribution in [0.3, 0.4) is 0 Å². The maximum absolute atomic E-state index is 13.0. The Bertz CT molecular complexity index is 1310. The van der Waals surface area contributed by atoms with Crippen molar-refractivity contribution in [2.75, 3.05) is 17.7 Å². The van der Waals surface area contributed by atoms with E-state index in [1.165, 1.54) is 12.3 Å². The molecule has 3 aromatic heterocycles. The molecule has 1 saturated carbocycles. The smallest absolute Gasteiger partial charge is 0.376 e. The van der Waals surface area contributed by atoms with Crippen molar-refractivity contribution in [2.24, 2.45) is 11.8 Å². The Kier molecular flexibility index (Phi) is 5.87. The number of aromatic nitrogens is 4. The van der Waals surface area contributed by atoms with E-state index >= 15 is 0 Å². The van der Waals surface area contributed by atoms with Crippen LogP contribution in [0.4, 0.5) is 24.8 Å². The molecule has 0 spiro atoms. The summed E-state index contributed by atoms with van der Waals surface area (Å²) in [4.78, 5) is 20.5. The summed E-state index contributed by atoms with van der Waals surface area (Å²) < 4.78 is 39.1. The largest absolute Gasteiger partial charge is 0.421 e. The van der Waals surface area contributed by atoms with Gasteiger partial charge in [0.2, 0.25) is 5.91 Å². The topological polar surface area (TPSA) is 113 Å². The molecule has 0 saturated heterocycles. The highest BCUT2D eigenvalue weighted by Crippen LogP contribution is 2.39. The van der Waals surface area contributed by atoms with E-state index in [9.17, 15) is 23.1 Å². The molecule has 1 amide bonds. The molecule has 3 aromatic rings. The van der Waals surface area contributed by atoms with Crippen LogP contribution in [0.15, 0.2) is 30.6 Å². The van der Waals surface area contributed by atoms with Gasteiger partial charge in [0.05, 0.1) is 5.56 Å². The second-order valence-electron chi connectivity index (χ2n) is 8.32. The molecule has 34 heavy (non-hydrogen) atoms. The quantitative estimate of drug-likeness (QED) is 0.502. The lowest BCUT2D eigenvalue weighted by molar-refractivity contribution is -0.259. The van der Waals surface area contributed by atoms with Crippen LogP contribution in [-0.4, -0.2) is 44.4 Å². The molecule has 1 aliphatic rings. The SMILES string of the molecule is CNc1ncc(C#Cc2ccc(C(C)(O)C(F)(F)F)cn2)c2cc(NC(=O)[C@H]3C[C@H]3C)nnc12. The molecule has 11 heteroatoms. The van der Waals surface area contributed by atoms with E-state index in [0.717, 1.165) is 18.7 Å². The number of nitrogens with zero attached hydrogens (tertiary/aromatic N) is 4. The summed E-state index contributed by atoms with van der Waals surface area (Å²) in [5, 5.41) is 24.3. The minimum absolute atomic E-state index is 0.0331. The number of hydrogen-bond donors (Lipinski definition) is 3. The first-order valence-corrected chi connectivity index (χ1v) is 10.4. The highest BCUT2D eigenvalue weighted by atomic mass is 19.4. The monoisotopic (exact) mass is 470 g/mol. The molecule has 176 valence electrons. The summed E-state index contributed by atoms with van der Waals surface area (Å²) in [5.74, 6) is 6.63. The normalized spacial score (nSPS) is 19.0. The fourth-order valence-electron chi connectivity index (χ4n) is 3.33. The molecule has 3 N–H and O–H groups in total. The lowest BCUT2D eigenvalue weighted by atomic mass is 9.97. The number of halogens is 3. The molecule has 1 fully saturated rings. The first-order chi connectivity index (χ1) is 16.0. The highest BCUT2D eigenvalue weighted by molar-refractivity contribution is 5.97. The van der Waals surface area contributed by atoms with Gasteiger partial charge in [-0.1, -0.05) is 18.9 Å². The van der Waals surface area contributed by atoms with Crippen molar-refractivity contribution in [1.29, 1.82) is 0 Å². The van der Waals surface area contributed by atoms with Gasteiger partial charge in [-0.15, -0.1) is 10.2 Å². The van der Waals surface area contributed by atoms with Crippen LogP contribution >= 0.6 is 0 Å². The standard InChI is InChI=1S/C23H21F3N6O2/c1-12-8-16(12)21(33)30-18-9-17-13(10-29-20(27-3)19(17)32-31-18)4-6-15-7-5-14(11-28-15)22(2,34)23(24,25)26/h5,7,9-12,16,34H,8H2,1-3H3,(H,27,29)(H,30,31,33)/t12-,16+,22?/m1/s1. The summed E-state index contributed by atoms with van der Waals surface area (Å²) in [6, 6.07) is 4.07. The van der Waals surface area contributed by atoms with Gasteiger partial charge in [-0.05, 0) is 37.3 Å². The van der Waals surface area contributed by atoms with Crippen molar-refractivity contribution >= 4 is 28.4 Å². The Hall–Kier alpha value is -3.78. The molecule has 1 unspecified atom stereocenters. The second-order valence-corrected chi connectivity index (χ2v) is 8.32. The van der Waals surface area contributed by atoms with E-state index in [1.807, 2.05) is 6.92 Å². The van der Waals surface area contributed by atoms with Crippen LogP contribution in [-0.2, 0) is 10.4 Å². The summed E-state index contributed by atoms with van der Waals surface area (Å²) >= 11 is 0. The first kappa shape index (κ1) is 23.4. The third kappa shape index (κ3) is 4.49. The fraction of sp³-hybridized carbons (Fsp3) is 0.348. The molecular weight excluding hydrogens is 449 g/mol. The van der Waals surface area contributed by atoms with Crippen molar-refractivity contribution in [3.8, 4) is 11.8 Å². The van der Waals surface area contributed by atoms with Crippen LogP contribution in [0, 0.1) is 23.7 Å². The minimum Gasteiger partial charge on any atom is -0.376 e. The van der Waals surface area contributed by atoms with Crippen molar-refractivity contribution in [3.05, 3.63) is 47.4 Å². The number of alkyl halides is 3. The van der Waals surface area contributed by atoms with Crippen LogP contribution in [0.2, 0.25) is 0 Å². The lowest BCUT2D eigenvalue weighted by Crippen LogP contribution is -2.39. The molecule has 0 aromatic carbocycles. The number of pyridine rings is 2. The summed E-state index contributed by atoms with van der Waals surface area (Å²) in [6.07, 6.45) is -1.55. The third-order valence-corrected chi connectivity index (χ3v) is 5.77. The van der Waals surface area contributed by atoms with Crippen LogP contribution in [0.1, 0.15) is 37.1 Å². The molecule has 8 nitrogen and oxygen atoms in total. The molecule has 0 radical (unpaired) electrons. The zero-order chi connectivity index (χ0) is 24.7. The van der Waals surface area contributed by atoms with E-state index in [-0.39, 0.29) is 23.3 Å². The van der Waals surface area contributed by atoms with Gasteiger partial charge in [-0.3, -0.25) is 4.79 Å². The van der Waals surface area contributed by atoms with E-state index < -0.39 is 17.3 Å². The van der Waals surface area contributed by atoms with Gasteiger partial charge < -0.3 is 15.7 Å². The van der Waals surface area contributed by atoms with E-state index in [1.54, 1.807) is 13.1 Å². The van der Waals surface area contributed by atoms with Gasteiger partial charge in [0, 0.05) is 36.3 Å². The molecule has 0 bridgehead atoms. The number of rotatable bonds is 4. The van der Waals surface area contributed by atoms with Gasteiger partial charge in [-0.2, -0.15) is 13.2 Å². The Balaban J connectivity index is 1.65. The predicted octanol–water partition coefficient (Wildman–Crippen LogP) is 3.23. The number of carbonyl (C=O) groups excluding carboxylic acids is 1. The van der Waals surface area contributed by atoms with Gasteiger partial charge in [-0.25, -0.2) is 9.97 Å². The molecule has 3 atom stereocenters. The lowest BCUT2D eigenvalue weighted by Gasteiger charge is -2.26. The van der Waals surface area contributed by atoms with E-state index in [2.05, 4.69) is 42.6 Å². The number of carbonyl (C=O) groups is 1. The van der Waals surface area contributed by atoms with Crippen LogP contribution in [0.25, 0.3) is 10.9 Å². The van der Waals surface area contributed by atoms with Crippen molar-refractivity contribution in [1.82, 2.24) is 20.2 Å². The molecule has 3 heterocycles. The van der Waals surface area contributed by atoms with Gasteiger partial charge >= 0.3 is 6.18 Å². The number of hydrogen-bond acceptors (Lipinski definition) is 7. The van der Waals surface area contributed by atoms with Crippen LogP contribution in [0.5, 0.6) is 0 Å². The van der Waals surface area contributed by atoms with Crippen molar-refractivity contribution in [2.45, 2.75) is 32.0 Å². The minimum atomic E-state index is -4.84. The molecule has 1 aliphatic carbocycles. The molecule has 0 aliphatic heterocycles. The summed E-state index contributed by atoms with van der Waals surface area (Å²) in [7, 11) is 1.68. The Morgan fingerprint density at radius 3 is 2.50 bits per heavy atom. The Morgan fingerprint density at radius 1 is 1.18 bits per heavy atom. The third-order valence-electron chi connectivity index (χ3n) is 5.77. The maximum atomic E-state index is 13.0. The fourth-order valence-corrected chi connectivity index (χ4v) is 3.33. The van der Waals surface area contributed by atoms with Gasteiger partial charge in [0.1, 0.15) is 11.2 Å². The van der Waals surface area contributed by atoms with Gasteiger partial charge in [0.15, 0.2) is 17.2 Å². The van der Waals surface area contributed by atoms with E-state index in [0.29, 0.717) is 35.1 Å². The number of nitrogens with one attached hydrogen (secondary N) is 2. The summed E-state index contributed by atoms with van der Waals surface area (Å²) in [6.45, 7) is 2.66. The zero-order valence-electron chi connectivity index (χ0n) is 18.5. The average Bonchev–Trinajstić information content (AvgIpc) is 3.53. The average molecular weight is 470 g/mol. The molecular formula is C23H21F3N6O2. The first-order valence-electron chi connectivity index (χ1n) is 10.4. The van der Waals surface area contributed by atoms with Crippen LogP contribution < -0.4 is 10.6 Å². The number of aliphatic hydroxyl groups is 1. The van der Waals surface area contributed by atoms with Crippen molar-refractivity contribution < 1.29 is 23.1 Å². The summed E-state index contributed by atoms with van der Waals surface area (Å²) in [5.41, 5.74) is -2.31. The molecule has 4 rings (SSSR count).